The van der Waals surface area contributed by atoms with Crippen LogP contribution in [0.4, 0.5) is 4.39 Å². The van der Waals surface area contributed by atoms with Crippen LogP contribution in [0.3, 0.4) is 0 Å². The number of amides is 1. The van der Waals surface area contributed by atoms with Gasteiger partial charge in [-0.1, -0.05) is 12.1 Å². The number of benzene rings is 1. The summed E-state index contributed by atoms with van der Waals surface area (Å²) < 4.78 is 14.6. The number of carbonyl (C=O) groups is 1. The fourth-order valence-corrected chi connectivity index (χ4v) is 3.50. The van der Waals surface area contributed by atoms with E-state index in [0.29, 0.717) is 4.88 Å². The largest absolute Gasteiger partial charge is 0.345 e. The first-order valence-corrected chi connectivity index (χ1v) is 7.89. The molecule has 1 N–H and O–H groups in total. The number of nitrogens with one attached hydrogen (secondary N) is 1. The van der Waals surface area contributed by atoms with Crippen LogP contribution in [-0.2, 0) is 0 Å². The van der Waals surface area contributed by atoms with Crippen molar-refractivity contribution in [1.82, 2.24) is 5.32 Å². The van der Waals surface area contributed by atoms with Gasteiger partial charge in [-0.15, -0.1) is 11.3 Å². The highest BCUT2D eigenvalue weighted by molar-refractivity contribution is 9.13. The first-order chi connectivity index (χ1) is 8.97. The van der Waals surface area contributed by atoms with Gasteiger partial charge < -0.3 is 5.32 Å². The summed E-state index contributed by atoms with van der Waals surface area (Å²) in [7, 11) is 0. The summed E-state index contributed by atoms with van der Waals surface area (Å²) in [5, 5.41) is 2.88. The monoisotopic (exact) mass is 405 g/mol. The lowest BCUT2D eigenvalue weighted by Gasteiger charge is -2.13. The Bertz CT molecular complexity index is 578. The van der Waals surface area contributed by atoms with Gasteiger partial charge >= 0.3 is 0 Å². The molecule has 2 aromatic rings. The minimum Gasteiger partial charge on any atom is -0.345 e. The lowest BCUT2D eigenvalue weighted by atomic mass is 10.1. The molecular formula is C13H10Br2FNOS. The van der Waals surface area contributed by atoms with Crippen molar-refractivity contribution in [2.24, 2.45) is 0 Å². The van der Waals surface area contributed by atoms with Gasteiger partial charge in [0, 0.05) is 4.47 Å². The van der Waals surface area contributed by atoms with E-state index >= 15 is 0 Å². The standard InChI is InChI=1S/C13H10Br2FNOS/c1-7(8-2-4-9(16)5-3-8)17-13(18)11-6-10(14)12(15)19-11/h2-7H,1H3,(H,17,18). The second kappa shape index (κ2) is 6.15. The molecule has 0 bridgehead atoms. The van der Waals surface area contributed by atoms with Crippen LogP contribution in [0.5, 0.6) is 0 Å². The normalized spacial score (nSPS) is 12.2. The van der Waals surface area contributed by atoms with Crippen molar-refractivity contribution in [3.05, 3.63) is 54.8 Å². The van der Waals surface area contributed by atoms with E-state index in [1.165, 1.54) is 23.5 Å². The molecule has 1 unspecified atom stereocenters. The van der Waals surface area contributed by atoms with Crippen LogP contribution >= 0.6 is 43.2 Å². The molecule has 0 aliphatic heterocycles. The zero-order chi connectivity index (χ0) is 14.0. The van der Waals surface area contributed by atoms with Gasteiger partial charge in [-0.3, -0.25) is 4.79 Å². The predicted octanol–water partition coefficient (Wildman–Crippen LogP) is 4.90. The third-order valence-electron chi connectivity index (χ3n) is 2.59. The number of hydrogen-bond acceptors (Lipinski definition) is 2. The Morgan fingerprint density at radius 1 is 1.32 bits per heavy atom. The minimum atomic E-state index is -0.284. The van der Waals surface area contributed by atoms with Crippen LogP contribution in [0.2, 0.25) is 0 Å². The van der Waals surface area contributed by atoms with E-state index in [4.69, 9.17) is 0 Å². The molecule has 0 saturated carbocycles. The maximum atomic E-state index is 12.8. The van der Waals surface area contributed by atoms with Gasteiger partial charge in [-0.2, -0.15) is 0 Å². The molecule has 0 aliphatic rings. The Morgan fingerprint density at radius 3 is 2.47 bits per heavy atom. The Balaban J connectivity index is 2.08. The zero-order valence-electron chi connectivity index (χ0n) is 9.91. The van der Waals surface area contributed by atoms with Crippen molar-refractivity contribution >= 4 is 49.1 Å². The molecule has 0 saturated heterocycles. The van der Waals surface area contributed by atoms with E-state index in [-0.39, 0.29) is 17.8 Å². The Morgan fingerprint density at radius 2 is 1.95 bits per heavy atom. The summed E-state index contributed by atoms with van der Waals surface area (Å²) in [4.78, 5) is 12.7. The quantitative estimate of drug-likeness (QED) is 0.771. The maximum absolute atomic E-state index is 12.8. The molecule has 2 nitrogen and oxygen atoms in total. The van der Waals surface area contributed by atoms with Gasteiger partial charge in [0.05, 0.1) is 14.7 Å². The van der Waals surface area contributed by atoms with Crippen molar-refractivity contribution < 1.29 is 9.18 Å². The summed E-state index contributed by atoms with van der Waals surface area (Å²) in [6, 6.07) is 7.70. The Hall–Kier alpha value is -0.720. The fraction of sp³-hybridized carbons (Fsp3) is 0.154. The van der Waals surface area contributed by atoms with E-state index in [1.807, 2.05) is 6.92 Å². The van der Waals surface area contributed by atoms with Gasteiger partial charge in [0.1, 0.15) is 5.82 Å². The van der Waals surface area contributed by atoms with Crippen molar-refractivity contribution in [2.75, 3.05) is 0 Å². The molecule has 0 spiro atoms. The highest BCUT2D eigenvalue weighted by atomic mass is 79.9. The molecule has 19 heavy (non-hydrogen) atoms. The molecule has 6 heteroatoms. The zero-order valence-corrected chi connectivity index (χ0v) is 13.9. The molecule has 0 radical (unpaired) electrons. The van der Waals surface area contributed by atoms with Gasteiger partial charge in [-0.25, -0.2) is 4.39 Å². The lowest BCUT2D eigenvalue weighted by Crippen LogP contribution is -2.25. The van der Waals surface area contributed by atoms with Gasteiger partial charge in [-0.05, 0) is 62.5 Å². The molecular weight excluding hydrogens is 397 g/mol. The molecule has 0 aliphatic carbocycles. The second-order valence-electron chi connectivity index (χ2n) is 3.98. The summed E-state index contributed by atoms with van der Waals surface area (Å²) in [5.74, 6) is -0.429. The van der Waals surface area contributed by atoms with Gasteiger partial charge in [0.15, 0.2) is 0 Å². The van der Waals surface area contributed by atoms with Crippen molar-refractivity contribution in [3.8, 4) is 0 Å². The van der Waals surface area contributed by atoms with Crippen molar-refractivity contribution in [3.63, 3.8) is 0 Å². The van der Waals surface area contributed by atoms with Crippen molar-refractivity contribution in [2.45, 2.75) is 13.0 Å². The van der Waals surface area contributed by atoms with E-state index in [1.54, 1.807) is 18.2 Å². The first-order valence-electron chi connectivity index (χ1n) is 5.48. The third kappa shape index (κ3) is 3.64. The van der Waals surface area contributed by atoms with E-state index in [2.05, 4.69) is 37.2 Å². The highest BCUT2D eigenvalue weighted by Gasteiger charge is 2.15. The summed E-state index contributed by atoms with van der Waals surface area (Å²) >= 11 is 8.06. The number of rotatable bonds is 3. The smallest absolute Gasteiger partial charge is 0.261 e. The lowest BCUT2D eigenvalue weighted by molar-refractivity contribution is 0.0944. The Kier molecular flexibility index (Phi) is 4.76. The summed E-state index contributed by atoms with van der Waals surface area (Å²) in [5.41, 5.74) is 0.865. The van der Waals surface area contributed by atoms with Gasteiger partial charge in [0.25, 0.3) is 5.91 Å². The molecule has 100 valence electrons. The van der Waals surface area contributed by atoms with Crippen LogP contribution < -0.4 is 5.32 Å². The van der Waals surface area contributed by atoms with Crippen LogP contribution in [0.15, 0.2) is 38.6 Å². The minimum absolute atomic E-state index is 0.145. The average Bonchev–Trinajstić information content (AvgIpc) is 2.70. The fourth-order valence-electron chi connectivity index (χ4n) is 1.56. The number of hydrogen-bond donors (Lipinski definition) is 1. The SMILES string of the molecule is CC(NC(=O)c1cc(Br)c(Br)s1)c1ccc(F)cc1. The summed E-state index contributed by atoms with van der Waals surface area (Å²) in [6.45, 7) is 1.86. The molecule has 1 aromatic heterocycles. The molecule has 1 aromatic carbocycles. The average molecular weight is 407 g/mol. The molecule has 1 atom stereocenters. The number of halogens is 3. The molecule has 1 amide bonds. The third-order valence-corrected chi connectivity index (χ3v) is 5.84. The van der Waals surface area contributed by atoms with Crippen molar-refractivity contribution in [1.29, 1.82) is 0 Å². The highest BCUT2D eigenvalue weighted by Crippen LogP contribution is 2.32. The maximum Gasteiger partial charge on any atom is 0.261 e. The topological polar surface area (TPSA) is 29.1 Å². The number of thiophene rings is 1. The molecule has 2 rings (SSSR count). The van der Waals surface area contributed by atoms with E-state index in [0.717, 1.165) is 13.8 Å². The molecule has 1 heterocycles. The van der Waals surface area contributed by atoms with E-state index < -0.39 is 0 Å². The first kappa shape index (κ1) is 14.7. The molecule has 0 fully saturated rings. The second-order valence-corrected chi connectivity index (χ2v) is 7.20. The number of carbonyl (C=O) groups excluding carboxylic acids is 1. The van der Waals surface area contributed by atoms with E-state index in [9.17, 15) is 9.18 Å². The predicted molar refractivity (Wildman–Crippen MR) is 82.0 cm³/mol. The van der Waals surface area contributed by atoms with Crippen LogP contribution in [0, 0.1) is 5.82 Å². The summed E-state index contributed by atoms with van der Waals surface area (Å²) in [6.07, 6.45) is 0. The van der Waals surface area contributed by atoms with Gasteiger partial charge in [0.2, 0.25) is 0 Å². The van der Waals surface area contributed by atoms with Crippen LogP contribution in [0.1, 0.15) is 28.2 Å². The van der Waals surface area contributed by atoms with Crippen LogP contribution in [-0.4, -0.2) is 5.91 Å². The Labute approximate surface area is 131 Å². The van der Waals surface area contributed by atoms with Crippen LogP contribution in [0.25, 0.3) is 0 Å².